The van der Waals surface area contributed by atoms with Crippen molar-refractivity contribution >= 4 is 34.4 Å². The average Bonchev–Trinajstić information content (AvgIpc) is 3.43. The van der Waals surface area contributed by atoms with Gasteiger partial charge >= 0.3 is 0 Å². The van der Waals surface area contributed by atoms with Crippen LogP contribution in [0.4, 0.5) is 21.6 Å². The van der Waals surface area contributed by atoms with Crippen LogP contribution in [0.1, 0.15) is 68.4 Å². The van der Waals surface area contributed by atoms with Gasteiger partial charge in [-0.3, -0.25) is 9.59 Å². The second-order valence-electron chi connectivity index (χ2n) is 11.9. The Morgan fingerprint density at radius 2 is 1.91 bits per heavy atom. The molecule has 1 aromatic carbocycles. The van der Waals surface area contributed by atoms with Gasteiger partial charge in [-0.25, -0.2) is 9.37 Å². The topological polar surface area (TPSA) is 96.7 Å². The summed E-state index contributed by atoms with van der Waals surface area (Å²) in [7, 11) is 1.63. The van der Waals surface area contributed by atoms with E-state index in [2.05, 4.69) is 10.3 Å². The number of aromatic nitrogens is 2. The molecule has 3 aromatic heterocycles. The fraction of sp³-hybridized carbons (Fsp3) is 0.382. The highest BCUT2D eigenvalue weighted by molar-refractivity contribution is 7.14. The first-order valence-electron chi connectivity index (χ1n) is 15.3. The summed E-state index contributed by atoms with van der Waals surface area (Å²) in [5, 5.41) is 13.7. The number of nitrogens with zero attached hydrogens (tertiary/aromatic N) is 3. The van der Waals surface area contributed by atoms with Crippen molar-refractivity contribution in [2.45, 2.75) is 57.5 Å². The molecule has 3 aliphatic rings. The number of hydrogen-bond acceptors (Lipinski definition) is 7. The van der Waals surface area contributed by atoms with Crippen molar-refractivity contribution in [3.05, 3.63) is 90.9 Å². The lowest BCUT2D eigenvalue weighted by Crippen LogP contribution is -2.37. The standard InChI is InChI=1S/C34H35FN4O4S/c1-38-18-22(14-28(33(38)41)37-31-7-6-21(17-36-31)20-9-12-43-13-10-20)26-15-23(35)16-29(27(26)19-40)39-11-8-25-24-4-2-3-5-30(24)44-32(25)34(39)42/h6-7,14-18,20,40H,2-5,8-13,19H2,1H3,(H,36,37). The van der Waals surface area contributed by atoms with E-state index in [1.807, 2.05) is 18.3 Å². The molecule has 0 bridgehead atoms. The Morgan fingerprint density at radius 1 is 1.09 bits per heavy atom. The van der Waals surface area contributed by atoms with E-state index in [0.29, 0.717) is 47.1 Å². The van der Waals surface area contributed by atoms with E-state index in [0.717, 1.165) is 67.7 Å². The number of benzene rings is 1. The number of hydrogen-bond donors (Lipinski definition) is 2. The number of carbonyl (C=O) groups is 1. The summed E-state index contributed by atoms with van der Waals surface area (Å²) >= 11 is 1.57. The molecule has 1 amide bonds. The smallest absolute Gasteiger partial charge is 0.274 e. The Kier molecular flexibility index (Phi) is 7.82. The fourth-order valence-corrected chi connectivity index (χ4v) is 8.26. The summed E-state index contributed by atoms with van der Waals surface area (Å²) in [6.45, 7) is 1.51. The Hall–Kier alpha value is -3.86. The molecule has 4 aromatic rings. The van der Waals surface area contributed by atoms with Crippen LogP contribution in [0, 0.1) is 5.82 Å². The van der Waals surface area contributed by atoms with Gasteiger partial charge in [0.15, 0.2) is 0 Å². The quantitative estimate of drug-likeness (QED) is 0.283. The normalized spacial score (nSPS) is 17.0. The first kappa shape index (κ1) is 28.9. The van der Waals surface area contributed by atoms with E-state index in [4.69, 9.17) is 4.74 Å². The Balaban J connectivity index is 1.22. The molecule has 0 radical (unpaired) electrons. The molecule has 0 saturated carbocycles. The molecule has 0 unspecified atom stereocenters. The van der Waals surface area contributed by atoms with Crippen LogP contribution in [-0.2, 0) is 37.7 Å². The molecule has 2 aliphatic heterocycles. The zero-order chi connectivity index (χ0) is 30.4. The summed E-state index contributed by atoms with van der Waals surface area (Å²) in [5.74, 6) is 0.259. The number of aliphatic hydroxyl groups excluding tert-OH is 1. The van der Waals surface area contributed by atoms with Crippen LogP contribution >= 0.6 is 11.3 Å². The molecular weight excluding hydrogens is 579 g/mol. The van der Waals surface area contributed by atoms with Crippen LogP contribution in [-0.4, -0.2) is 40.3 Å². The zero-order valence-electron chi connectivity index (χ0n) is 24.7. The van der Waals surface area contributed by atoms with Crippen molar-refractivity contribution in [2.75, 3.05) is 30.0 Å². The maximum absolute atomic E-state index is 15.3. The Labute approximate surface area is 259 Å². The molecule has 2 N–H and O–H groups in total. The molecule has 1 saturated heterocycles. The summed E-state index contributed by atoms with van der Waals surface area (Å²) in [5.41, 5.74) is 5.39. The van der Waals surface area contributed by atoms with Gasteiger partial charge in [0.1, 0.15) is 17.3 Å². The summed E-state index contributed by atoms with van der Waals surface area (Å²) < 4.78 is 22.2. The van der Waals surface area contributed by atoms with Gasteiger partial charge in [-0.05, 0) is 97.4 Å². The second kappa shape index (κ2) is 11.9. The maximum atomic E-state index is 15.3. The highest BCUT2D eigenvalue weighted by Gasteiger charge is 2.33. The van der Waals surface area contributed by atoms with E-state index < -0.39 is 12.4 Å². The van der Waals surface area contributed by atoms with Crippen LogP contribution in [0.25, 0.3) is 11.1 Å². The zero-order valence-corrected chi connectivity index (χ0v) is 25.5. The van der Waals surface area contributed by atoms with Crippen molar-refractivity contribution in [1.82, 2.24) is 9.55 Å². The van der Waals surface area contributed by atoms with E-state index in [1.54, 1.807) is 35.5 Å². The third kappa shape index (κ3) is 5.25. The molecule has 44 heavy (non-hydrogen) atoms. The van der Waals surface area contributed by atoms with Gasteiger partial charge in [-0.15, -0.1) is 11.3 Å². The number of nitrogens with one attached hydrogen (secondary N) is 1. The van der Waals surface area contributed by atoms with Crippen LogP contribution < -0.4 is 15.8 Å². The number of rotatable bonds is 6. The van der Waals surface area contributed by atoms with Crippen molar-refractivity contribution < 1.29 is 19.0 Å². The number of carbonyl (C=O) groups excluding carboxylic acids is 1. The molecular formula is C34H35FN4O4S. The third-order valence-corrected chi connectivity index (χ3v) is 10.5. The SMILES string of the molecule is Cn1cc(-c2cc(F)cc(N3CCc4c(sc5c4CCCC5)C3=O)c2CO)cc(Nc2ccc(C3CCOCC3)cn2)c1=O. The van der Waals surface area contributed by atoms with Gasteiger partial charge in [-0.2, -0.15) is 0 Å². The highest BCUT2D eigenvalue weighted by atomic mass is 32.1. The highest BCUT2D eigenvalue weighted by Crippen LogP contribution is 2.41. The number of aliphatic hydroxyl groups is 1. The number of pyridine rings is 2. The van der Waals surface area contributed by atoms with E-state index in [-0.39, 0.29) is 17.2 Å². The molecule has 228 valence electrons. The molecule has 0 atom stereocenters. The fourth-order valence-electron chi connectivity index (χ4n) is 6.87. The lowest BCUT2D eigenvalue weighted by atomic mass is 9.91. The van der Waals surface area contributed by atoms with Crippen LogP contribution in [0.15, 0.2) is 47.5 Å². The Morgan fingerprint density at radius 3 is 2.68 bits per heavy atom. The Bertz CT molecular complexity index is 1790. The predicted molar refractivity (Wildman–Crippen MR) is 170 cm³/mol. The first-order valence-corrected chi connectivity index (χ1v) is 16.1. The van der Waals surface area contributed by atoms with Gasteiger partial charge in [0.25, 0.3) is 11.5 Å². The van der Waals surface area contributed by atoms with Gasteiger partial charge in [0, 0.05) is 55.2 Å². The van der Waals surface area contributed by atoms with Gasteiger partial charge in [-0.1, -0.05) is 6.07 Å². The largest absolute Gasteiger partial charge is 0.392 e. The second-order valence-corrected chi connectivity index (χ2v) is 13.0. The van der Waals surface area contributed by atoms with Crippen LogP contribution in [0.2, 0.25) is 0 Å². The van der Waals surface area contributed by atoms with Crippen LogP contribution in [0.5, 0.6) is 0 Å². The molecule has 8 nitrogen and oxygen atoms in total. The van der Waals surface area contributed by atoms with E-state index in [1.165, 1.54) is 27.1 Å². The molecule has 1 fully saturated rings. The lowest BCUT2D eigenvalue weighted by Gasteiger charge is -2.30. The van der Waals surface area contributed by atoms with E-state index in [9.17, 15) is 14.7 Å². The lowest BCUT2D eigenvalue weighted by molar-refractivity contribution is 0.0853. The molecule has 10 heteroatoms. The summed E-state index contributed by atoms with van der Waals surface area (Å²) in [4.78, 5) is 35.1. The van der Waals surface area contributed by atoms with Gasteiger partial charge in [0.2, 0.25) is 0 Å². The van der Waals surface area contributed by atoms with E-state index >= 15 is 4.39 Å². The molecule has 1 aliphatic carbocycles. The van der Waals surface area contributed by atoms with Crippen molar-refractivity contribution in [2.24, 2.45) is 7.05 Å². The monoisotopic (exact) mass is 614 g/mol. The van der Waals surface area contributed by atoms with Gasteiger partial charge in [0.05, 0.1) is 17.2 Å². The minimum absolute atomic E-state index is 0.144. The first-order chi connectivity index (χ1) is 21.4. The average molecular weight is 615 g/mol. The molecule has 5 heterocycles. The molecule has 7 rings (SSSR count). The number of fused-ring (bicyclic) bond motifs is 3. The van der Waals surface area contributed by atoms with Crippen molar-refractivity contribution in [1.29, 1.82) is 0 Å². The van der Waals surface area contributed by atoms with Crippen LogP contribution in [0.3, 0.4) is 0 Å². The number of anilines is 3. The minimum Gasteiger partial charge on any atom is -0.392 e. The number of amides is 1. The third-order valence-electron chi connectivity index (χ3n) is 9.18. The number of thiophene rings is 1. The number of halogens is 1. The summed E-state index contributed by atoms with van der Waals surface area (Å²) in [6.07, 6.45) is 10.4. The van der Waals surface area contributed by atoms with Crippen molar-refractivity contribution in [3.63, 3.8) is 0 Å². The number of ether oxygens (including phenoxy) is 1. The van der Waals surface area contributed by atoms with Crippen molar-refractivity contribution in [3.8, 4) is 11.1 Å². The maximum Gasteiger partial charge on any atom is 0.274 e. The number of aryl methyl sites for hydroxylation is 2. The van der Waals surface area contributed by atoms with Gasteiger partial charge < -0.3 is 24.6 Å². The summed E-state index contributed by atoms with van der Waals surface area (Å²) in [6, 6.07) is 8.21. The molecule has 0 spiro atoms. The minimum atomic E-state index is -0.523. The predicted octanol–water partition coefficient (Wildman–Crippen LogP) is 5.86.